The molecule has 1 aromatic heterocycles. The van der Waals surface area contributed by atoms with Crippen molar-refractivity contribution in [1.82, 2.24) is 20.5 Å². The summed E-state index contributed by atoms with van der Waals surface area (Å²) in [5, 5.41) is 5.74. The molecule has 0 bridgehead atoms. The van der Waals surface area contributed by atoms with Crippen LogP contribution >= 0.6 is 0 Å². The highest BCUT2D eigenvalue weighted by atomic mass is 16.2. The summed E-state index contributed by atoms with van der Waals surface area (Å²) in [4.78, 5) is 27.8. The molecule has 2 N–H and O–H groups in total. The quantitative estimate of drug-likeness (QED) is 0.553. The molecule has 1 fully saturated rings. The van der Waals surface area contributed by atoms with Gasteiger partial charge in [0.25, 0.3) is 0 Å². The average Bonchev–Trinajstić information content (AvgIpc) is 2.71. The van der Waals surface area contributed by atoms with Gasteiger partial charge in [0.2, 0.25) is 5.91 Å². The third-order valence-electron chi connectivity index (χ3n) is 2.72. The van der Waals surface area contributed by atoms with E-state index >= 15 is 0 Å². The molecule has 1 saturated heterocycles. The van der Waals surface area contributed by atoms with Crippen LogP contribution in [0.4, 0.5) is 4.79 Å². The summed E-state index contributed by atoms with van der Waals surface area (Å²) in [6.07, 6.45) is 4.30. The van der Waals surface area contributed by atoms with Gasteiger partial charge in [-0.2, -0.15) is 0 Å². The van der Waals surface area contributed by atoms with Crippen LogP contribution in [0.15, 0.2) is 24.5 Å². The number of amides is 3. The largest absolute Gasteiger partial charge is 0.329 e. The summed E-state index contributed by atoms with van der Waals surface area (Å²) in [6.45, 7) is 2.09. The number of rotatable bonds is 6. The van der Waals surface area contributed by atoms with Gasteiger partial charge in [-0.3, -0.25) is 14.7 Å². The molecule has 2 heterocycles. The Morgan fingerprint density at radius 1 is 1.44 bits per heavy atom. The fourth-order valence-corrected chi connectivity index (χ4v) is 1.78. The molecule has 18 heavy (non-hydrogen) atoms. The molecule has 0 atom stereocenters. The van der Waals surface area contributed by atoms with E-state index < -0.39 is 0 Å². The van der Waals surface area contributed by atoms with E-state index in [9.17, 15) is 9.59 Å². The van der Waals surface area contributed by atoms with Crippen LogP contribution in [-0.2, 0) is 11.3 Å². The van der Waals surface area contributed by atoms with Gasteiger partial charge in [-0.05, 0) is 24.6 Å². The molecule has 1 aliphatic rings. The molecule has 0 radical (unpaired) electrons. The SMILES string of the molecule is O=C1CNC(=O)N1CCCNCc1cccnc1. The molecule has 0 saturated carbocycles. The number of hydrogen-bond donors (Lipinski definition) is 2. The first kappa shape index (κ1) is 12.5. The van der Waals surface area contributed by atoms with E-state index in [0.717, 1.165) is 25.1 Å². The van der Waals surface area contributed by atoms with Crippen LogP contribution in [0.5, 0.6) is 0 Å². The number of carbonyl (C=O) groups excluding carboxylic acids is 2. The van der Waals surface area contributed by atoms with E-state index in [4.69, 9.17) is 0 Å². The standard InChI is InChI=1S/C12H16N4O2/c17-11-9-15-12(18)16(11)6-2-5-14-8-10-3-1-4-13-7-10/h1,3-4,7,14H,2,5-6,8-9H2,(H,15,18). The zero-order chi connectivity index (χ0) is 12.8. The highest BCUT2D eigenvalue weighted by molar-refractivity contribution is 6.01. The maximum atomic E-state index is 11.3. The van der Waals surface area contributed by atoms with Gasteiger partial charge in [-0.1, -0.05) is 6.07 Å². The lowest BCUT2D eigenvalue weighted by atomic mass is 10.3. The summed E-state index contributed by atoms with van der Waals surface area (Å²) in [5.74, 6) is -0.146. The lowest BCUT2D eigenvalue weighted by Crippen LogP contribution is -2.33. The van der Waals surface area contributed by atoms with E-state index in [-0.39, 0.29) is 18.5 Å². The molecule has 0 unspecified atom stereocenters. The Hall–Kier alpha value is -1.95. The minimum Gasteiger partial charge on any atom is -0.329 e. The number of aromatic nitrogens is 1. The Morgan fingerprint density at radius 2 is 2.33 bits per heavy atom. The minimum absolute atomic E-state index is 0.127. The third-order valence-corrected chi connectivity index (χ3v) is 2.72. The maximum absolute atomic E-state index is 11.3. The predicted molar refractivity (Wildman–Crippen MR) is 65.7 cm³/mol. The normalized spacial score (nSPS) is 15.0. The van der Waals surface area contributed by atoms with Crippen molar-refractivity contribution in [3.05, 3.63) is 30.1 Å². The van der Waals surface area contributed by atoms with Crippen LogP contribution in [0.25, 0.3) is 0 Å². The van der Waals surface area contributed by atoms with Crippen LogP contribution in [-0.4, -0.2) is 41.5 Å². The second kappa shape index (κ2) is 6.11. The van der Waals surface area contributed by atoms with Gasteiger partial charge in [-0.15, -0.1) is 0 Å². The minimum atomic E-state index is -0.285. The number of pyridine rings is 1. The average molecular weight is 248 g/mol. The van der Waals surface area contributed by atoms with Crippen molar-refractivity contribution in [2.24, 2.45) is 0 Å². The number of urea groups is 1. The van der Waals surface area contributed by atoms with Crippen molar-refractivity contribution in [1.29, 1.82) is 0 Å². The third kappa shape index (κ3) is 3.27. The molecule has 0 aromatic carbocycles. The van der Waals surface area contributed by atoms with Crippen molar-refractivity contribution in [3.63, 3.8) is 0 Å². The molecule has 1 aromatic rings. The number of imide groups is 1. The van der Waals surface area contributed by atoms with Gasteiger partial charge >= 0.3 is 6.03 Å². The zero-order valence-corrected chi connectivity index (χ0v) is 10.1. The summed E-state index contributed by atoms with van der Waals surface area (Å²) in [6, 6.07) is 3.61. The predicted octanol–water partition coefficient (Wildman–Crippen LogP) is 0.113. The smallest absolute Gasteiger partial charge is 0.324 e. The fraction of sp³-hybridized carbons (Fsp3) is 0.417. The van der Waals surface area contributed by atoms with Gasteiger partial charge in [0.05, 0.1) is 6.54 Å². The van der Waals surface area contributed by atoms with Gasteiger partial charge in [0.1, 0.15) is 0 Å². The number of carbonyl (C=O) groups is 2. The lowest BCUT2D eigenvalue weighted by molar-refractivity contribution is -0.125. The van der Waals surface area contributed by atoms with E-state index in [0.29, 0.717) is 6.54 Å². The molecular formula is C12H16N4O2. The fourth-order valence-electron chi connectivity index (χ4n) is 1.78. The van der Waals surface area contributed by atoms with Crippen molar-refractivity contribution in [3.8, 4) is 0 Å². The molecular weight excluding hydrogens is 232 g/mol. The molecule has 0 spiro atoms. The van der Waals surface area contributed by atoms with Gasteiger partial charge in [0.15, 0.2) is 0 Å². The van der Waals surface area contributed by atoms with E-state index in [2.05, 4.69) is 15.6 Å². The van der Waals surface area contributed by atoms with Crippen LogP contribution in [0, 0.1) is 0 Å². The number of hydrogen-bond acceptors (Lipinski definition) is 4. The second-order valence-corrected chi connectivity index (χ2v) is 4.10. The Balaban J connectivity index is 1.62. The van der Waals surface area contributed by atoms with Gasteiger partial charge in [0, 0.05) is 25.5 Å². The monoisotopic (exact) mass is 248 g/mol. The van der Waals surface area contributed by atoms with Gasteiger partial charge in [-0.25, -0.2) is 4.79 Å². The Labute approximate surface area is 105 Å². The van der Waals surface area contributed by atoms with Crippen molar-refractivity contribution < 1.29 is 9.59 Å². The topological polar surface area (TPSA) is 74.3 Å². The van der Waals surface area contributed by atoms with Crippen molar-refractivity contribution in [2.75, 3.05) is 19.6 Å². The first-order valence-electron chi connectivity index (χ1n) is 5.95. The molecule has 6 heteroatoms. The number of nitrogens with one attached hydrogen (secondary N) is 2. The first-order valence-corrected chi connectivity index (χ1v) is 5.95. The highest BCUT2D eigenvalue weighted by Gasteiger charge is 2.27. The molecule has 0 aliphatic carbocycles. The summed E-state index contributed by atoms with van der Waals surface area (Å²) in [5.41, 5.74) is 1.12. The summed E-state index contributed by atoms with van der Waals surface area (Å²) >= 11 is 0. The lowest BCUT2D eigenvalue weighted by Gasteiger charge is -2.12. The molecule has 2 rings (SSSR count). The Kier molecular flexibility index (Phi) is 4.25. The van der Waals surface area contributed by atoms with Crippen molar-refractivity contribution in [2.45, 2.75) is 13.0 Å². The van der Waals surface area contributed by atoms with Gasteiger partial charge < -0.3 is 10.6 Å². The van der Waals surface area contributed by atoms with E-state index in [1.54, 1.807) is 6.20 Å². The van der Waals surface area contributed by atoms with Crippen LogP contribution in [0.2, 0.25) is 0 Å². The Morgan fingerprint density at radius 3 is 3.00 bits per heavy atom. The van der Waals surface area contributed by atoms with Crippen LogP contribution < -0.4 is 10.6 Å². The van der Waals surface area contributed by atoms with E-state index in [1.807, 2.05) is 18.3 Å². The summed E-state index contributed by atoms with van der Waals surface area (Å²) in [7, 11) is 0. The summed E-state index contributed by atoms with van der Waals surface area (Å²) < 4.78 is 0. The molecule has 6 nitrogen and oxygen atoms in total. The molecule has 96 valence electrons. The molecule has 3 amide bonds. The first-order chi connectivity index (χ1) is 8.77. The second-order valence-electron chi connectivity index (χ2n) is 4.10. The highest BCUT2D eigenvalue weighted by Crippen LogP contribution is 2.00. The number of nitrogens with zero attached hydrogens (tertiary/aromatic N) is 2. The Bertz CT molecular complexity index is 405. The molecule has 1 aliphatic heterocycles. The van der Waals surface area contributed by atoms with Crippen molar-refractivity contribution >= 4 is 11.9 Å². The van der Waals surface area contributed by atoms with Crippen LogP contribution in [0.3, 0.4) is 0 Å². The zero-order valence-electron chi connectivity index (χ0n) is 10.1. The maximum Gasteiger partial charge on any atom is 0.324 e. The van der Waals surface area contributed by atoms with E-state index in [1.165, 1.54) is 4.90 Å². The van der Waals surface area contributed by atoms with Crippen LogP contribution in [0.1, 0.15) is 12.0 Å².